The first-order chi connectivity index (χ1) is 10.1. The van der Waals surface area contributed by atoms with Crippen molar-refractivity contribution in [2.45, 2.75) is 32.7 Å². The maximum atomic E-state index is 12.3. The van der Waals surface area contributed by atoms with Crippen LogP contribution < -0.4 is 5.32 Å². The van der Waals surface area contributed by atoms with Crippen molar-refractivity contribution in [2.75, 3.05) is 13.1 Å². The van der Waals surface area contributed by atoms with Gasteiger partial charge in [-0.1, -0.05) is 19.1 Å². The van der Waals surface area contributed by atoms with Crippen LogP contribution in [0, 0.1) is 5.92 Å². The molecule has 1 aromatic carbocycles. The molecular weight excluding hydrogens is 264 g/mol. The van der Waals surface area contributed by atoms with E-state index < -0.39 is 0 Å². The van der Waals surface area contributed by atoms with Gasteiger partial charge in [0.2, 0.25) is 0 Å². The minimum absolute atomic E-state index is 0.00880. The van der Waals surface area contributed by atoms with E-state index in [1.165, 1.54) is 6.42 Å². The van der Waals surface area contributed by atoms with Gasteiger partial charge in [-0.25, -0.2) is 9.78 Å². The predicted octanol–water partition coefficient (Wildman–Crippen LogP) is 3.07. The van der Waals surface area contributed by atoms with E-state index in [1.807, 2.05) is 36.1 Å². The highest BCUT2D eigenvalue weighted by atomic mass is 16.2. The number of carbonyl (C=O) groups excluding carboxylic acids is 1. The number of aromatic amines is 1. The van der Waals surface area contributed by atoms with Crippen LogP contribution in [0.2, 0.25) is 0 Å². The van der Waals surface area contributed by atoms with Crippen molar-refractivity contribution in [3.63, 3.8) is 0 Å². The topological polar surface area (TPSA) is 61.0 Å². The molecule has 0 aliphatic carbocycles. The Kier molecular flexibility index (Phi) is 3.82. The van der Waals surface area contributed by atoms with E-state index in [0.717, 1.165) is 36.4 Å². The van der Waals surface area contributed by atoms with E-state index in [2.05, 4.69) is 22.2 Å². The zero-order chi connectivity index (χ0) is 14.8. The maximum absolute atomic E-state index is 12.3. The van der Waals surface area contributed by atoms with Crippen LogP contribution in [0.15, 0.2) is 24.3 Å². The van der Waals surface area contributed by atoms with E-state index in [9.17, 15) is 4.79 Å². The highest BCUT2D eigenvalue weighted by molar-refractivity contribution is 5.76. The Morgan fingerprint density at radius 2 is 2.29 bits per heavy atom. The van der Waals surface area contributed by atoms with E-state index in [1.54, 1.807) is 0 Å². The molecular formula is C16H22N4O. The second kappa shape index (κ2) is 5.76. The predicted molar refractivity (Wildman–Crippen MR) is 83.0 cm³/mol. The molecule has 1 aliphatic rings. The number of aromatic nitrogens is 2. The first-order valence-electron chi connectivity index (χ1n) is 7.63. The molecule has 112 valence electrons. The number of urea groups is 1. The maximum Gasteiger partial charge on any atom is 0.317 e. The van der Waals surface area contributed by atoms with Gasteiger partial charge in [-0.05, 0) is 37.8 Å². The molecule has 1 aromatic heterocycles. The van der Waals surface area contributed by atoms with E-state index in [0.29, 0.717) is 5.92 Å². The summed E-state index contributed by atoms with van der Waals surface area (Å²) in [6, 6.07) is 7.79. The Labute approximate surface area is 124 Å². The molecule has 0 saturated carbocycles. The molecule has 1 fully saturated rings. The quantitative estimate of drug-likeness (QED) is 0.891. The Balaban J connectivity index is 1.67. The average Bonchev–Trinajstić information content (AvgIpc) is 2.91. The summed E-state index contributed by atoms with van der Waals surface area (Å²) in [5.74, 6) is 1.39. The van der Waals surface area contributed by atoms with Crippen LogP contribution in [0.3, 0.4) is 0 Å². The third-order valence-electron chi connectivity index (χ3n) is 4.10. The number of H-pyrrole nitrogens is 1. The fourth-order valence-electron chi connectivity index (χ4n) is 2.90. The summed E-state index contributed by atoms with van der Waals surface area (Å²) in [6.45, 7) is 5.85. The molecule has 1 saturated heterocycles. The van der Waals surface area contributed by atoms with Crippen molar-refractivity contribution >= 4 is 17.1 Å². The van der Waals surface area contributed by atoms with Gasteiger partial charge >= 0.3 is 6.03 Å². The van der Waals surface area contributed by atoms with Crippen LogP contribution in [-0.4, -0.2) is 34.0 Å². The number of likely N-dealkylation sites (tertiary alicyclic amines) is 1. The van der Waals surface area contributed by atoms with Crippen molar-refractivity contribution in [3.05, 3.63) is 30.1 Å². The highest BCUT2D eigenvalue weighted by Crippen LogP contribution is 2.18. The number of hydrogen-bond acceptors (Lipinski definition) is 2. The van der Waals surface area contributed by atoms with Gasteiger partial charge in [-0.2, -0.15) is 0 Å². The molecule has 0 bridgehead atoms. The molecule has 2 N–H and O–H groups in total. The Morgan fingerprint density at radius 1 is 1.48 bits per heavy atom. The van der Waals surface area contributed by atoms with Gasteiger partial charge in [-0.3, -0.25) is 0 Å². The fraction of sp³-hybridized carbons (Fsp3) is 0.500. The minimum Gasteiger partial charge on any atom is -0.340 e. The summed E-state index contributed by atoms with van der Waals surface area (Å²) in [5.41, 5.74) is 1.93. The number of rotatable bonds is 2. The average molecular weight is 286 g/mol. The summed E-state index contributed by atoms with van der Waals surface area (Å²) < 4.78 is 0. The van der Waals surface area contributed by atoms with Crippen LogP contribution in [0.25, 0.3) is 11.0 Å². The summed E-state index contributed by atoms with van der Waals surface area (Å²) in [5, 5.41) is 3.04. The first kappa shape index (κ1) is 13.9. The molecule has 2 atom stereocenters. The molecule has 5 heteroatoms. The highest BCUT2D eigenvalue weighted by Gasteiger charge is 2.23. The Hall–Kier alpha value is -2.04. The van der Waals surface area contributed by atoms with Gasteiger partial charge in [-0.15, -0.1) is 0 Å². The lowest BCUT2D eigenvalue weighted by molar-refractivity contribution is 0.166. The van der Waals surface area contributed by atoms with Gasteiger partial charge in [0.25, 0.3) is 0 Å². The number of piperidine rings is 1. The molecule has 2 aromatic rings. The zero-order valence-electron chi connectivity index (χ0n) is 12.6. The molecule has 3 rings (SSSR count). The van der Waals surface area contributed by atoms with Gasteiger partial charge < -0.3 is 15.2 Å². The summed E-state index contributed by atoms with van der Waals surface area (Å²) in [4.78, 5) is 22.0. The van der Waals surface area contributed by atoms with Crippen LogP contribution >= 0.6 is 0 Å². The number of fused-ring (bicyclic) bond motifs is 1. The third-order valence-corrected chi connectivity index (χ3v) is 4.10. The van der Waals surface area contributed by atoms with Crippen molar-refractivity contribution in [1.29, 1.82) is 0 Å². The van der Waals surface area contributed by atoms with Gasteiger partial charge in [0.05, 0.1) is 17.1 Å². The van der Waals surface area contributed by atoms with Crippen LogP contribution in [0.5, 0.6) is 0 Å². The summed E-state index contributed by atoms with van der Waals surface area (Å²) in [7, 11) is 0. The van der Waals surface area contributed by atoms with Crippen LogP contribution in [0.1, 0.15) is 38.6 Å². The summed E-state index contributed by atoms with van der Waals surface area (Å²) >= 11 is 0. The van der Waals surface area contributed by atoms with Crippen LogP contribution in [0.4, 0.5) is 4.79 Å². The van der Waals surface area contributed by atoms with Crippen LogP contribution in [-0.2, 0) is 0 Å². The van der Waals surface area contributed by atoms with Crippen molar-refractivity contribution in [3.8, 4) is 0 Å². The lowest BCUT2D eigenvalue weighted by Crippen LogP contribution is -2.45. The molecule has 0 radical (unpaired) electrons. The van der Waals surface area contributed by atoms with Crippen molar-refractivity contribution < 1.29 is 4.79 Å². The second-order valence-electron chi connectivity index (χ2n) is 6.00. The number of nitrogens with one attached hydrogen (secondary N) is 2. The lowest BCUT2D eigenvalue weighted by Gasteiger charge is -2.31. The number of amides is 2. The normalized spacial score (nSPS) is 20.5. The number of hydrogen-bond donors (Lipinski definition) is 2. The van der Waals surface area contributed by atoms with Gasteiger partial charge in [0.15, 0.2) is 0 Å². The van der Waals surface area contributed by atoms with E-state index in [-0.39, 0.29) is 12.1 Å². The number of nitrogens with zero attached hydrogens (tertiary/aromatic N) is 2. The zero-order valence-corrected chi connectivity index (χ0v) is 12.6. The molecule has 5 nitrogen and oxygen atoms in total. The molecule has 2 heterocycles. The molecule has 0 spiro atoms. The van der Waals surface area contributed by atoms with E-state index >= 15 is 0 Å². The smallest absolute Gasteiger partial charge is 0.317 e. The largest absolute Gasteiger partial charge is 0.340 e. The summed E-state index contributed by atoms with van der Waals surface area (Å²) in [6.07, 6.45) is 2.30. The molecule has 2 unspecified atom stereocenters. The van der Waals surface area contributed by atoms with Crippen molar-refractivity contribution in [1.82, 2.24) is 20.2 Å². The first-order valence-corrected chi connectivity index (χ1v) is 7.63. The van der Waals surface area contributed by atoms with Crippen molar-refractivity contribution in [2.24, 2.45) is 5.92 Å². The van der Waals surface area contributed by atoms with Gasteiger partial charge in [0, 0.05) is 13.1 Å². The van der Waals surface area contributed by atoms with Gasteiger partial charge in [0.1, 0.15) is 5.82 Å². The fourth-order valence-corrected chi connectivity index (χ4v) is 2.90. The molecule has 2 amide bonds. The Morgan fingerprint density at radius 3 is 3.05 bits per heavy atom. The second-order valence-corrected chi connectivity index (χ2v) is 6.00. The molecule has 1 aliphatic heterocycles. The van der Waals surface area contributed by atoms with E-state index in [4.69, 9.17) is 0 Å². The monoisotopic (exact) mass is 286 g/mol. The number of benzene rings is 1. The third kappa shape index (κ3) is 3.01. The standard InChI is InChI=1S/C16H22N4O/c1-11-6-5-9-20(10-11)16(21)17-12(2)15-18-13-7-3-4-8-14(13)19-15/h3-4,7-8,11-12H,5-6,9-10H2,1-2H3,(H,17,21)(H,18,19). The lowest BCUT2D eigenvalue weighted by atomic mass is 10.0. The number of imidazole rings is 1. The SMILES string of the molecule is CC1CCCN(C(=O)NC(C)c2nc3ccccc3[nH]2)C1. The number of carbonyl (C=O) groups is 1. The minimum atomic E-state index is -0.123. The molecule has 21 heavy (non-hydrogen) atoms. The Bertz CT molecular complexity index is 603. The number of para-hydroxylation sites is 2.